The van der Waals surface area contributed by atoms with E-state index in [2.05, 4.69) is 25.7 Å². The molecular formula is C19H17FN6O2. The largest absolute Gasteiger partial charge is 0.348 e. The monoisotopic (exact) mass is 380 g/mol. The number of rotatable bonds is 5. The zero-order valence-corrected chi connectivity index (χ0v) is 14.8. The molecule has 0 aliphatic carbocycles. The Morgan fingerprint density at radius 3 is 2.82 bits per heavy atom. The number of pyridine rings is 2. The van der Waals surface area contributed by atoms with Crippen molar-refractivity contribution in [2.24, 2.45) is 0 Å². The first kappa shape index (κ1) is 17.8. The summed E-state index contributed by atoms with van der Waals surface area (Å²) in [5, 5.41) is 9.81. The number of hydrogen-bond donors (Lipinski definition) is 2. The molecule has 28 heavy (non-hydrogen) atoms. The number of nitrogens with one attached hydrogen (secondary N) is 2. The van der Waals surface area contributed by atoms with Gasteiger partial charge in [-0.2, -0.15) is 5.10 Å². The van der Waals surface area contributed by atoms with Gasteiger partial charge in [-0.15, -0.1) is 0 Å². The fourth-order valence-corrected chi connectivity index (χ4v) is 3.16. The van der Waals surface area contributed by atoms with E-state index in [1.54, 1.807) is 23.1 Å². The van der Waals surface area contributed by atoms with E-state index in [1.807, 2.05) is 6.07 Å². The quantitative estimate of drug-likeness (QED) is 0.690. The lowest BCUT2D eigenvalue weighted by Crippen LogP contribution is -2.37. The summed E-state index contributed by atoms with van der Waals surface area (Å²) in [5.41, 5.74) is 1.84. The molecular weight excluding hydrogens is 363 g/mol. The fraction of sp³-hybridized carbons (Fsp3) is 0.211. The van der Waals surface area contributed by atoms with E-state index in [0.717, 1.165) is 11.3 Å². The SMILES string of the molecule is O=C(NCc1cccnc1)c1cnn2c1C[C@H](NC(=O)c1ncccc1F)C2. The lowest BCUT2D eigenvalue weighted by Gasteiger charge is -2.11. The molecule has 8 nitrogen and oxygen atoms in total. The molecule has 1 aliphatic heterocycles. The number of aromatic nitrogens is 4. The van der Waals surface area contributed by atoms with Crippen molar-refractivity contribution >= 4 is 11.8 Å². The summed E-state index contributed by atoms with van der Waals surface area (Å²) in [6.07, 6.45) is 6.66. The minimum atomic E-state index is -0.675. The van der Waals surface area contributed by atoms with Gasteiger partial charge < -0.3 is 10.6 Å². The Bertz CT molecular complexity index is 1020. The number of carbonyl (C=O) groups excluding carboxylic acids is 2. The lowest BCUT2D eigenvalue weighted by atomic mass is 10.1. The van der Waals surface area contributed by atoms with Gasteiger partial charge in [0.15, 0.2) is 11.5 Å². The van der Waals surface area contributed by atoms with Gasteiger partial charge in [0, 0.05) is 31.6 Å². The Balaban J connectivity index is 1.39. The van der Waals surface area contributed by atoms with Crippen molar-refractivity contribution in [3.8, 4) is 0 Å². The predicted octanol–water partition coefficient (Wildman–Crippen LogP) is 1.10. The Labute approximate surface area is 159 Å². The van der Waals surface area contributed by atoms with Crippen LogP contribution in [-0.2, 0) is 19.5 Å². The highest BCUT2D eigenvalue weighted by molar-refractivity contribution is 5.95. The summed E-state index contributed by atoms with van der Waals surface area (Å²) in [4.78, 5) is 32.5. The van der Waals surface area contributed by atoms with Gasteiger partial charge in [0.05, 0.1) is 30.0 Å². The topological polar surface area (TPSA) is 102 Å². The van der Waals surface area contributed by atoms with Gasteiger partial charge in [-0.3, -0.25) is 19.3 Å². The van der Waals surface area contributed by atoms with Crippen LogP contribution in [0.1, 0.15) is 32.1 Å². The second kappa shape index (κ2) is 7.55. The van der Waals surface area contributed by atoms with E-state index in [1.165, 1.54) is 24.5 Å². The average Bonchev–Trinajstić information content (AvgIpc) is 3.27. The summed E-state index contributed by atoms with van der Waals surface area (Å²) in [5.74, 6) is -1.50. The van der Waals surface area contributed by atoms with E-state index >= 15 is 0 Å². The Morgan fingerprint density at radius 2 is 2.04 bits per heavy atom. The third-order valence-corrected chi connectivity index (χ3v) is 4.51. The predicted molar refractivity (Wildman–Crippen MR) is 96.8 cm³/mol. The highest BCUT2D eigenvalue weighted by atomic mass is 19.1. The Kier molecular flexibility index (Phi) is 4.79. The molecule has 0 unspecified atom stereocenters. The van der Waals surface area contributed by atoms with Crippen molar-refractivity contribution in [1.29, 1.82) is 0 Å². The van der Waals surface area contributed by atoms with Gasteiger partial charge in [0.25, 0.3) is 11.8 Å². The number of carbonyl (C=O) groups is 2. The highest BCUT2D eigenvalue weighted by Gasteiger charge is 2.29. The third kappa shape index (κ3) is 3.59. The highest BCUT2D eigenvalue weighted by Crippen LogP contribution is 2.19. The molecule has 9 heteroatoms. The van der Waals surface area contributed by atoms with Crippen LogP contribution in [0.5, 0.6) is 0 Å². The average molecular weight is 380 g/mol. The molecule has 2 N–H and O–H groups in total. The molecule has 3 aromatic heterocycles. The molecule has 4 heterocycles. The van der Waals surface area contributed by atoms with Crippen LogP contribution < -0.4 is 10.6 Å². The summed E-state index contributed by atoms with van der Waals surface area (Å²) in [7, 11) is 0. The maximum absolute atomic E-state index is 13.7. The summed E-state index contributed by atoms with van der Waals surface area (Å²) >= 11 is 0. The van der Waals surface area contributed by atoms with Gasteiger partial charge in [-0.05, 0) is 23.8 Å². The van der Waals surface area contributed by atoms with Gasteiger partial charge in [0.2, 0.25) is 0 Å². The first-order valence-corrected chi connectivity index (χ1v) is 8.75. The van der Waals surface area contributed by atoms with E-state index in [0.29, 0.717) is 25.1 Å². The van der Waals surface area contributed by atoms with Crippen molar-refractivity contribution in [1.82, 2.24) is 30.4 Å². The van der Waals surface area contributed by atoms with Crippen molar-refractivity contribution in [3.63, 3.8) is 0 Å². The molecule has 1 aliphatic rings. The summed E-state index contributed by atoms with van der Waals surface area (Å²) < 4.78 is 15.4. The lowest BCUT2D eigenvalue weighted by molar-refractivity contribution is 0.0925. The van der Waals surface area contributed by atoms with Crippen LogP contribution in [0.2, 0.25) is 0 Å². The van der Waals surface area contributed by atoms with Crippen molar-refractivity contribution in [3.05, 3.63) is 77.4 Å². The molecule has 0 radical (unpaired) electrons. The zero-order valence-electron chi connectivity index (χ0n) is 14.8. The van der Waals surface area contributed by atoms with Gasteiger partial charge in [-0.1, -0.05) is 6.07 Å². The van der Waals surface area contributed by atoms with Crippen LogP contribution >= 0.6 is 0 Å². The van der Waals surface area contributed by atoms with Crippen LogP contribution in [0.15, 0.2) is 49.1 Å². The molecule has 0 saturated carbocycles. The van der Waals surface area contributed by atoms with E-state index in [9.17, 15) is 14.0 Å². The first-order chi connectivity index (χ1) is 13.6. The van der Waals surface area contributed by atoms with Gasteiger partial charge >= 0.3 is 0 Å². The number of amides is 2. The molecule has 0 spiro atoms. The number of halogens is 1. The molecule has 0 fully saturated rings. The number of hydrogen-bond acceptors (Lipinski definition) is 5. The first-order valence-electron chi connectivity index (χ1n) is 8.75. The van der Waals surface area contributed by atoms with E-state index in [4.69, 9.17) is 0 Å². The molecule has 0 saturated heterocycles. The smallest absolute Gasteiger partial charge is 0.273 e. The standard InChI is InChI=1S/C19H17FN6O2/c20-15-4-2-6-22-17(15)19(28)25-13-7-16-14(10-24-26(16)11-13)18(27)23-9-12-3-1-5-21-8-12/h1-6,8,10,13H,7,9,11H2,(H,23,27)(H,25,28)/t13-/m0/s1. The normalized spacial score (nSPS) is 15.1. The Hall–Kier alpha value is -3.62. The summed E-state index contributed by atoms with van der Waals surface area (Å²) in [6.45, 7) is 0.766. The second-order valence-corrected chi connectivity index (χ2v) is 6.44. The minimum absolute atomic E-state index is 0.243. The molecule has 0 aromatic carbocycles. The van der Waals surface area contributed by atoms with Crippen LogP contribution in [-0.4, -0.2) is 37.6 Å². The van der Waals surface area contributed by atoms with Gasteiger partial charge in [-0.25, -0.2) is 9.37 Å². The van der Waals surface area contributed by atoms with E-state index in [-0.39, 0.29) is 17.6 Å². The summed E-state index contributed by atoms with van der Waals surface area (Å²) in [6, 6.07) is 6.00. The minimum Gasteiger partial charge on any atom is -0.348 e. The van der Waals surface area contributed by atoms with Crippen LogP contribution in [0.25, 0.3) is 0 Å². The molecule has 0 bridgehead atoms. The Morgan fingerprint density at radius 1 is 1.18 bits per heavy atom. The molecule has 4 rings (SSSR count). The second-order valence-electron chi connectivity index (χ2n) is 6.44. The van der Waals surface area contributed by atoms with Crippen molar-refractivity contribution in [2.75, 3.05) is 0 Å². The van der Waals surface area contributed by atoms with Gasteiger partial charge in [0.1, 0.15) is 0 Å². The number of fused-ring (bicyclic) bond motifs is 1. The van der Waals surface area contributed by atoms with Crippen LogP contribution in [0.4, 0.5) is 4.39 Å². The maximum Gasteiger partial charge on any atom is 0.273 e. The fourth-order valence-electron chi connectivity index (χ4n) is 3.16. The van der Waals surface area contributed by atoms with Crippen molar-refractivity contribution < 1.29 is 14.0 Å². The van der Waals surface area contributed by atoms with Crippen LogP contribution in [0.3, 0.4) is 0 Å². The van der Waals surface area contributed by atoms with Crippen molar-refractivity contribution in [2.45, 2.75) is 25.6 Å². The molecule has 2 amide bonds. The molecule has 1 atom stereocenters. The maximum atomic E-state index is 13.7. The molecule has 142 valence electrons. The zero-order chi connectivity index (χ0) is 19.5. The van der Waals surface area contributed by atoms with E-state index < -0.39 is 11.7 Å². The molecule has 3 aromatic rings. The number of nitrogens with zero attached hydrogens (tertiary/aromatic N) is 4. The third-order valence-electron chi connectivity index (χ3n) is 4.51. The van der Waals surface area contributed by atoms with Crippen LogP contribution in [0, 0.1) is 5.82 Å².